The van der Waals surface area contributed by atoms with Crippen molar-refractivity contribution in [3.8, 4) is 0 Å². The zero-order valence-corrected chi connectivity index (χ0v) is 11.9. The van der Waals surface area contributed by atoms with E-state index in [2.05, 4.69) is 29.6 Å². The van der Waals surface area contributed by atoms with Gasteiger partial charge in [0.1, 0.15) is 0 Å². The van der Waals surface area contributed by atoms with Gasteiger partial charge in [0.05, 0.1) is 11.7 Å². The lowest BCUT2D eigenvalue weighted by atomic mass is 10.1. The highest BCUT2D eigenvalue weighted by Gasteiger charge is 2.12. The second kappa shape index (κ2) is 6.59. The van der Waals surface area contributed by atoms with Gasteiger partial charge in [-0.15, -0.1) is 0 Å². The molecule has 2 N–H and O–H groups in total. The fraction of sp³-hybridized carbons (Fsp3) is 0.667. The van der Waals surface area contributed by atoms with Gasteiger partial charge in [-0.05, 0) is 32.5 Å². The van der Waals surface area contributed by atoms with Gasteiger partial charge >= 0.3 is 0 Å². The van der Waals surface area contributed by atoms with Crippen molar-refractivity contribution in [1.29, 1.82) is 0 Å². The van der Waals surface area contributed by atoms with Crippen LogP contribution < -0.4 is 10.6 Å². The topological polar surface area (TPSA) is 41.9 Å². The Kier molecular flexibility index (Phi) is 5.41. The van der Waals surface area contributed by atoms with Gasteiger partial charge in [-0.3, -0.25) is 4.68 Å². The number of unbranched alkanes of at least 4 members (excludes halogenated alkanes) is 1. The predicted molar refractivity (Wildman–Crippen MR) is 75.0 cm³/mol. The van der Waals surface area contributed by atoms with E-state index in [1.165, 1.54) is 12.0 Å². The Balaban J connectivity index is 2.46. The average molecular weight is 254 g/mol. The maximum absolute atomic E-state index is 5.24. The first-order chi connectivity index (χ1) is 8.04. The molecule has 0 fully saturated rings. The molecule has 0 spiro atoms. The van der Waals surface area contributed by atoms with Crippen LogP contribution in [0, 0.1) is 6.92 Å². The summed E-state index contributed by atoms with van der Waals surface area (Å²) in [5.74, 6) is 0. The van der Waals surface area contributed by atoms with Gasteiger partial charge in [-0.1, -0.05) is 13.3 Å². The van der Waals surface area contributed by atoms with E-state index in [0.717, 1.165) is 18.7 Å². The summed E-state index contributed by atoms with van der Waals surface area (Å²) >= 11 is 5.24. The van der Waals surface area contributed by atoms with Crippen LogP contribution in [-0.2, 0) is 7.05 Å². The summed E-state index contributed by atoms with van der Waals surface area (Å²) in [6.07, 6.45) is 4.34. The van der Waals surface area contributed by atoms with Gasteiger partial charge in [0.15, 0.2) is 5.11 Å². The van der Waals surface area contributed by atoms with Crippen LogP contribution in [0.25, 0.3) is 0 Å². The van der Waals surface area contributed by atoms with E-state index < -0.39 is 0 Å². The fourth-order valence-electron chi connectivity index (χ4n) is 1.75. The number of rotatable bonds is 5. The van der Waals surface area contributed by atoms with E-state index >= 15 is 0 Å². The molecular formula is C12H22N4S. The van der Waals surface area contributed by atoms with Crippen LogP contribution in [0.4, 0.5) is 0 Å². The van der Waals surface area contributed by atoms with Crippen LogP contribution in [0.15, 0.2) is 6.20 Å². The first kappa shape index (κ1) is 14.0. The molecule has 1 atom stereocenters. The van der Waals surface area contributed by atoms with E-state index in [9.17, 15) is 0 Å². The molecule has 17 heavy (non-hydrogen) atoms. The van der Waals surface area contributed by atoms with Crippen molar-refractivity contribution in [3.05, 3.63) is 17.5 Å². The van der Waals surface area contributed by atoms with Gasteiger partial charge in [-0.2, -0.15) is 5.10 Å². The molecule has 0 bridgehead atoms. The Hall–Kier alpha value is -1.10. The molecule has 0 aliphatic heterocycles. The van der Waals surface area contributed by atoms with E-state index in [-0.39, 0.29) is 6.04 Å². The number of hydrogen-bond acceptors (Lipinski definition) is 2. The van der Waals surface area contributed by atoms with Crippen LogP contribution >= 0.6 is 12.2 Å². The van der Waals surface area contributed by atoms with Gasteiger partial charge in [0.2, 0.25) is 0 Å². The molecular weight excluding hydrogens is 232 g/mol. The Labute approximate surface area is 109 Å². The summed E-state index contributed by atoms with van der Waals surface area (Å²) in [4.78, 5) is 0. The smallest absolute Gasteiger partial charge is 0.166 e. The number of nitrogens with one attached hydrogen (secondary N) is 2. The molecule has 0 amide bonds. The van der Waals surface area contributed by atoms with Crippen LogP contribution in [0.1, 0.15) is 44.0 Å². The monoisotopic (exact) mass is 254 g/mol. The second-order valence-corrected chi connectivity index (χ2v) is 4.73. The third-order valence-electron chi connectivity index (χ3n) is 2.68. The van der Waals surface area contributed by atoms with Crippen molar-refractivity contribution in [3.63, 3.8) is 0 Å². The third kappa shape index (κ3) is 4.34. The van der Waals surface area contributed by atoms with Crippen molar-refractivity contribution >= 4 is 17.3 Å². The van der Waals surface area contributed by atoms with Crippen LogP contribution in [0.3, 0.4) is 0 Å². The minimum Gasteiger partial charge on any atom is -0.363 e. The number of thiocarbonyl (C=S) groups is 1. The van der Waals surface area contributed by atoms with Crippen molar-refractivity contribution in [2.24, 2.45) is 7.05 Å². The molecule has 1 aromatic heterocycles. The van der Waals surface area contributed by atoms with Crippen molar-refractivity contribution in [1.82, 2.24) is 20.4 Å². The molecule has 0 saturated heterocycles. The first-order valence-electron chi connectivity index (χ1n) is 6.09. The maximum atomic E-state index is 5.24. The largest absolute Gasteiger partial charge is 0.363 e. The molecule has 0 aromatic carbocycles. The third-order valence-corrected chi connectivity index (χ3v) is 2.94. The Morgan fingerprint density at radius 2 is 2.29 bits per heavy atom. The molecule has 1 aromatic rings. The molecule has 0 radical (unpaired) electrons. The van der Waals surface area contributed by atoms with Crippen LogP contribution in [0.2, 0.25) is 0 Å². The SMILES string of the molecule is CCCCNC(=S)NC(C)c1cn(C)nc1C. The van der Waals surface area contributed by atoms with E-state index in [4.69, 9.17) is 12.2 Å². The zero-order valence-electron chi connectivity index (χ0n) is 11.1. The van der Waals surface area contributed by atoms with Gasteiger partial charge in [-0.25, -0.2) is 0 Å². The van der Waals surface area contributed by atoms with Gasteiger partial charge < -0.3 is 10.6 Å². The first-order valence-corrected chi connectivity index (χ1v) is 6.50. The highest BCUT2D eigenvalue weighted by Crippen LogP contribution is 2.15. The Morgan fingerprint density at radius 1 is 1.59 bits per heavy atom. The van der Waals surface area contributed by atoms with E-state index in [0.29, 0.717) is 5.11 Å². The number of aromatic nitrogens is 2. The zero-order chi connectivity index (χ0) is 12.8. The molecule has 0 saturated carbocycles. The van der Waals surface area contributed by atoms with Gasteiger partial charge in [0, 0.05) is 25.4 Å². The normalized spacial score (nSPS) is 12.2. The summed E-state index contributed by atoms with van der Waals surface area (Å²) in [5.41, 5.74) is 2.23. The molecule has 1 heterocycles. The summed E-state index contributed by atoms with van der Waals surface area (Å²) in [7, 11) is 1.93. The molecule has 0 aliphatic rings. The molecule has 4 nitrogen and oxygen atoms in total. The molecule has 1 unspecified atom stereocenters. The quantitative estimate of drug-likeness (QED) is 0.623. The summed E-state index contributed by atoms with van der Waals surface area (Å²) in [5, 5.41) is 11.5. The van der Waals surface area contributed by atoms with Gasteiger partial charge in [0.25, 0.3) is 0 Å². The molecule has 0 aliphatic carbocycles. The molecule has 1 rings (SSSR count). The highest BCUT2D eigenvalue weighted by atomic mass is 32.1. The lowest BCUT2D eigenvalue weighted by molar-refractivity contribution is 0.679. The standard InChI is InChI=1S/C12H22N4S/c1-5-6-7-13-12(17)14-9(2)11-8-16(4)15-10(11)3/h8-9H,5-7H2,1-4H3,(H2,13,14,17). The van der Waals surface area contributed by atoms with E-state index in [1.807, 2.05) is 24.9 Å². The number of hydrogen-bond donors (Lipinski definition) is 2. The molecule has 96 valence electrons. The summed E-state index contributed by atoms with van der Waals surface area (Å²) in [6.45, 7) is 7.21. The lowest BCUT2D eigenvalue weighted by Gasteiger charge is -2.16. The maximum Gasteiger partial charge on any atom is 0.166 e. The van der Waals surface area contributed by atoms with Crippen molar-refractivity contribution < 1.29 is 0 Å². The Bertz CT molecular complexity index is 373. The number of aryl methyl sites for hydroxylation is 2. The highest BCUT2D eigenvalue weighted by molar-refractivity contribution is 7.80. The number of nitrogens with zero attached hydrogens (tertiary/aromatic N) is 2. The fourth-order valence-corrected chi connectivity index (χ4v) is 2.03. The minimum atomic E-state index is 0.185. The Morgan fingerprint density at radius 3 is 2.82 bits per heavy atom. The predicted octanol–water partition coefficient (Wildman–Crippen LogP) is 2.05. The summed E-state index contributed by atoms with van der Waals surface area (Å²) < 4.78 is 1.83. The van der Waals surface area contributed by atoms with Crippen molar-refractivity contribution in [2.75, 3.05) is 6.54 Å². The second-order valence-electron chi connectivity index (χ2n) is 4.32. The van der Waals surface area contributed by atoms with Crippen molar-refractivity contribution in [2.45, 2.75) is 39.7 Å². The average Bonchev–Trinajstić information content (AvgIpc) is 2.58. The van der Waals surface area contributed by atoms with Crippen LogP contribution in [0.5, 0.6) is 0 Å². The van der Waals surface area contributed by atoms with E-state index in [1.54, 1.807) is 0 Å². The van der Waals surface area contributed by atoms with Crippen LogP contribution in [-0.4, -0.2) is 21.4 Å². The molecule has 5 heteroatoms. The summed E-state index contributed by atoms with van der Waals surface area (Å²) in [6, 6.07) is 0.185. The minimum absolute atomic E-state index is 0.185. The lowest BCUT2D eigenvalue weighted by Crippen LogP contribution is -2.37.